The van der Waals surface area contributed by atoms with Gasteiger partial charge in [-0.05, 0) is 51.1 Å². The molecular weight excluding hydrogens is 228 g/mol. The van der Waals surface area contributed by atoms with E-state index >= 15 is 0 Å². The third kappa shape index (κ3) is 3.62. The molecule has 0 fully saturated rings. The number of fused-ring (bicyclic) bond motifs is 1. The second-order valence-electron chi connectivity index (χ2n) is 5.04. The molecule has 0 aliphatic carbocycles. The molecular formula is C14H22N2O2. The zero-order valence-corrected chi connectivity index (χ0v) is 11.2. The predicted molar refractivity (Wildman–Crippen MR) is 71.8 cm³/mol. The maximum Gasteiger partial charge on any atom is 0.231 e. The Hall–Kier alpha value is -1.26. The van der Waals surface area contributed by atoms with E-state index < -0.39 is 0 Å². The van der Waals surface area contributed by atoms with Gasteiger partial charge in [0.1, 0.15) is 0 Å². The summed E-state index contributed by atoms with van der Waals surface area (Å²) in [5.74, 6) is 1.70. The van der Waals surface area contributed by atoms with Crippen LogP contribution in [0.3, 0.4) is 0 Å². The van der Waals surface area contributed by atoms with Crippen LogP contribution < -0.4 is 15.2 Å². The summed E-state index contributed by atoms with van der Waals surface area (Å²) in [6.45, 7) is 4.38. The van der Waals surface area contributed by atoms with E-state index in [1.54, 1.807) is 0 Å². The minimum Gasteiger partial charge on any atom is -0.454 e. The van der Waals surface area contributed by atoms with Crippen LogP contribution in [-0.4, -0.2) is 31.3 Å². The molecule has 1 aliphatic heterocycles. The molecule has 1 unspecified atom stereocenters. The van der Waals surface area contributed by atoms with Crippen LogP contribution in [0.5, 0.6) is 11.5 Å². The lowest BCUT2D eigenvalue weighted by molar-refractivity contribution is 0.174. The fraction of sp³-hybridized carbons (Fsp3) is 0.571. The molecule has 0 saturated heterocycles. The van der Waals surface area contributed by atoms with Crippen LogP contribution in [0.1, 0.15) is 25.3 Å². The van der Waals surface area contributed by atoms with E-state index in [2.05, 4.69) is 31.0 Å². The first kappa shape index (κ1) is 13.2. The van der Waals surface area contributed by atoms with Crippen molar-refractivity contribution in [1.29, 1.82) is 0 Å². The standard InChI is InChI=1S/C14H22N2O2/c1-11(15)4-3-7-16(2)9-12-5-6-13-14(8-12)18-10-17-13/h5-6,8,11H,3-4,7,9-10,15H2,1-2H3. The van der Waals surface area contributed by atoms with Gasteiger partial charge in [0.25, 0.3) is 0 Å². The topological polar surface area (TPSA) is 47.7 Å². The number of nitrogens with two attached hydrogens (primary N) is 1. The smallest absolute Gasteiger partial charge is 0.231 e. The summed E-state index contributed by atoms with van der Waals surface area (Å²) in [6.07, 6.45) is 2.21. The summed E-state index contributed by atoms with van der Waals surface area (Å²) >= 11 is 0. The average molecular weight is 250 g/mol. The van der Waals surface area contributed by atoms with E-state index in [1.165, 1.54) is 5.56 Å². The zero-order chi connectivity index (χ0) is 13.0. The van der Waals surface area contributed by atoms with E-state index in [1.807, 2.05) is 6.07 Å². The molecule has 0 radical (unpaired) electrons. The Labute approximate surface area is 109 Å². The van der Waals surface area contributed by atoms with Crippen molar-refractivity contribution >= 4 is 0 Å². The summed E-state index contributed by atoms with van der Waals surface area (Å²) in [5.41, 5.74) is 7.00. The first-order chi connectivity index (χ1) is 8.65. The molecule has 0 spiro atoms. The van der Waals surface area contributed by atoms with Gasteiger partial charge in [-0.1, -0.05) is 6.07 Å². The van der Waals surface area contributed by atoms with E-state index in [9.17, 15) is 0 Å². The average Bonchev–Trinajstić information content (AvgIpc) is 2.75. The number of benzene rings is 1. The van der Waals surface area contributed by atoms with Crippen molar-refractivity contribution in [3.05, 3.63) is 23.8 Å². The summed E-state index contributed by atoms with van der Waals surface area (Å²) in [4.78, 5) is 2.31. The van der Waals surface area contributed by atoms with Crippen molar-refractivity contribution in [2.24, 2.45) is 5.73 Å². The molecule has 0 aromatic heterocycles. The monoisotopic (exact) mass is 250 g/mol. The van der Waals surface area contributed by atoms with Crippen molar-refractivity contribution in [1.82, 2.24) is 4.90 Å². The predicted octanol–water partition coefficient (Wildman–Crippen LogP) is 1.97. The van der Waals surface area contributed by atoms with Crippen LogP contribution in [0.15, 0.2) is 18.2 Å². The van der Waals surface area contributed by atoms with E-state index in [0.717, 1.165) is 37.4 Å². The van der Waals surface area contributed by atoms with Crippen molar-refractivity contribution in [3.63, 3.8) is 0 Å². The molecule has 1 heterocycles. The second-order valence-corrected chi connectivity index (χ2v) is 5.04. The normalized spacial score (nSPS) is 15.1. The highest BCUT2D eigenvalue weighted by molar-refractivity contribution is 5.44. The van der Waals surface area contributed by atoms with Crippen LogP contribution in [0.4, 0.5) is 0 Å². The Morgan fingerprint density at radius 3 is 2.89 bits per heavy atom. The minimum atomic E-state index is 0.295. The third-order valence-corrected chi connectivity index (χ3v) is 3.09. The van der Waals surface area contributed by atoms with Crippen molar-refractivity contribution in [2.45, 2.75) is 32.4 Å². The van der Waals surface area contributed by atoms with E-state index in [4.69, 9.17) is 15.2 Å². The molecule has 18 heavy (non-hydrogen) atoms. The lowest BCUT2D eigenvalue weighted by Crippen LogP contribution is -2.22. The fourth-order valence-electron chi connectivity index (χ4n) is 2.11. The van der Waals surface area contributed by atoms with Gasteiger partial charge in [-0.3, -0.25) is 0 Å². The number of ether oxygens (including phenoxy) is 2. The van der Waals surface area contributed by atoms with Gasteiger partial charge in [-0.2, -0.15) is 0 Å². The highest BCUT2D eigenvalue weighted by Crippen LogP contribution is 2.32. The Balaban J connectivity index is 1.82. The molecule has 2 rings (SSSR count). The van der Waals surface area contributed by atoms with Crippen LogP contribution in [0.2, 0.25) is 0 Å². The lowest BCUT2D eigenvalue weighted by Gasteiger charge is -2.17. The molecule has 4 nitrogen and oxygen atoms in total. The molecule has 4 heteroatoms. The maximum absolute atomic E-state index is 5.74. The first-order valence-corrected chi connectivity index (χ1v) is 6.48. The first-order valence-electron chi connectivity index (χ1n) is 6.48. The molecule has 2 N–H and O–H groups in total. The number of nitrogens with zero attached hydrogens (tertiary/aromatic N) is 1. The maximum atomic E-state index is 5.74. The van der Waals surface area contributed by atoms with Gasteiger partial charge < -0.3 is 20.1 Å². The molecule has 0 saturated carbocycles. The largest absolute Gasteiger partial charge is 0.454 e. The van der Waals surface area contributed by atoms with Crippen LogP contribution in [0, 0.1) is 0 Å². The highest BCUT2D eigenvalue weighted by atomic mass is 16.7. The van der Waals surface area contributed by atoms with Crippen LogP contribution in [0.25, 0.3) is 0 Å². The molecule has 0 amide bonds. The molecule has 0 bridgehead atoms. The minimum absolute atomic E-state index is 0.295. The Morgan fingerprint density at radius 2 is 2.11 bits per heavy atom. The van der Waals surface area contributed by atoms with Crippen molar-refractivity contribution in [3.8, 4) is 11.5 Å². The summed E-state index contributed by atoms with van der Waals surface area (Å²) in [7, 11) is 2.13. The quantitative estimate of drug-likeness (QED) is 0.838. The highest BCUT2D eigenvalue weighted by Gasteiger charge is 2.13. The zero-order valence-electron chi connectivity index (χ0n) is 11.2. The van der Waals surface area contributed by atoms with Crippen molar-refractivity contribution in [2.75, 3.05) is 20.4 Å². The number of hydrogen-bond acceptors (Lipinski definition) is 4. The van der Waals surface area contributed by atoms with Gasteiger partial charge >= 0.3 is 0 Å². The Bertz CT molecular complexity index is 393. The molecule has 100 valence electrons. The van der Waals surface area contributed by atoms with Crippen molar-refractivity contribution < 1.29 is 9.47 Å². The van der Waals surface area contributed by atoms with E-state index in [0.29, 0.717) is 12.8 Å². The van der Waals surface area contributed by atoms with Crippen LogP contribution >= 0.6 is 0 Å². The molecule has 1 atom stereocenters. The van der Waals surface area contributed by atoms with Gasteiger partial charge in [0.2, 0.25) is 6.79 Å². The summed E-state index contributed by atoms with van der Waals surface area (Å²) in [5, 5.41) is 0. The fourth-order valence-corrected chi connectivity index (χ4v) is 2.11. The van der Waals surface area contributed by atoms with E-state index in [-0.39, 0.29) is 0 Å². The van der Waals surface area contributed by atoms with Gasteiger partial charge in [0, 0.05) is 12.6 Å². The lowest BCUT2D eigenvalue weighted by atomic mass is 10.1. The van der Waals surface area contributed by atoms with Gasteiger partial charge in [0.05, 0.1) is 0 Å². The van der Waals surface area contributed by atoms with Gasteiger partial charge in [-0.25, -0.2) is 0 Å². The molecule has 1 aromatic rings. The second kappa shape index (κ2) is 6.07. The Kier molecular flexibility index (Phi) is 4.44. The molecule has 1 aromatic carbocycles. The Morgan fingerprint density at radius 1 is 1.33 bits per heavy atom. The third-order valence-electron chi connectivity index (χ3n) is 3.09. The van der Waals surface area contributed by atoms with Gasteiger partial charge in [0.15, 0.2) is 11.5 Å². The summed E-state index contributed by atoms with van der Waals surface area (Å²) in [6, 6.07) is 6.43. The molecule has 1 aliphatic rings. The number of rotatable bonds is 6. The SMILES string of the molecule is CC(N)CCCN(C)Cc1ccc2c(c1)OCO2. The van der Waals surface area contributed by atoms with Crippen LogP contribution in [-0.2, 0) is 6.54 Å². The number of hydrogen-bond donors (Lipinski definition) is 1. The van der Waals surface area contributed by atoms with Gasteiger partial charge in [-0.15, -0.1) is 0 Å². The summed E-state index contributed by atoms with van der Waals surface area (Å²) < 4.78 is 10.7.